The zero-order valence-electron chi connectivity index (χ0n) is 11.3. The molecule has 18 heavy (non-hydrogen) atoms. The molecule has 1 amide bonds. The van der Waals surface area contributed by atoms with E-state index in [1.807, 2.05) is 39.0 Å². The maximum atomic E-state index is 12.0. The zero-order valence-corrected chi connectivity index (χ0v) is 11.3. The van der Waals surface area contributed by atoms with Gasteiger partial charge < -0.3 is 10.5 Å². The number of anilines is 1. The topological polar surface area (TPSA) is 61.7 Å². The van der Waals surface area contributed by atoms with Crippen LogP contribution in [0.3, 0.4) is 0 Å². The number of carbonyl (C=O) groups excluding carboxylic acids is 1. The van der Waals surface area contributed by atoms with Gasteiger partial charge in [0.25, 0.3) is 0 Å². The molecular formula is C14H20N2O2. The van der Waals surface area contributed by atoms with Crippen molar-refractivity contribution in [3.8, 4) is 0 Å². The minimum atomic E-state index is -0.0653. The van der Waals surface area contributed by atoms with Gasteiger partial charge in [-0.15, -0.1) is 0 Å². The first-order chi connectivity index (χ1) is 8.47. The van der Waals surface area contributed by atoms with E-state index in [9.17, 15) is 4.79 Å². The highest BCUT2D eigenvalue weighted by Crippen LogP contribution is 2.19. The second kappa shape index (κ2) is 6.19. The van der Waals surface area contributed by atoms with E-state index < -0.39 is 0 Å². The highest BCUT2D eigenvalue weighted by Gasteiger charge is 2.18. The molecule has 0 saturated carbocycles. The summed E-state index contributed by atoms with van der Waals surface area (Å²) in [6, 6.07) is 7.29. The Balaban J connectivity index is 2.95. The quantitative estimate of drug-likeness (QED) is 0.488. The van der Waals surface area contributed by atoms with Crippen LogP contribution >= 0.6 is 0 Å². The smallest absolute Gasteiger partial charge is 0.227 e. The summed E-state index contributed by atoms with van der Waals surface area (Å²) in [6.07, 6.45) is 0. The van der Waals surface area contributed by atoms with Crippen LogP contribution < -0.4 is 5.32 Å². The predicted molar refractivity (Wildman–Crippen MR) is 73.1 cm³/mol. The first-order valence-electron chi connectivity index (χ1n) is 6.06. The second-order valence-electron chi connectivity index (χ2n) is 4.75. The third kappa shape index (κ3) is 3.32. The van der Waals surface area contributed by atoms with Crippen molar-refractivity contribution in [3.05, 3.63) is 29.8 Å². The number of para-hydroxylation sites is 1. The van der Waals surface area contributed by atoms with Gasteiger partial charge in [0.2, 0.25) is 5.91 Å². The van der Waals surface area contributed by atoms with Gasteiger partial charge in [-0.1, -0.05) is 44.1 Å². The van der Waals surface area contributed by atoms with Crippen LogP contribution in [0.25, 0.3) is 0 Å². The molecule has 0 aliphatic heterocycles. The second-order valence-corrected chi connectivity index (χ2v) is 4.75. The molecular weight excluding hydrogens is 228 g/mol. The largest absolute Gasteiger partial charge is 0.411 e. The fourth-order valence-corrected chi connectivity index (χ4v) is 1.51. The zero-order chi connectivity index (χ0) is 13.7. The van der Waals surface area contributed by atoms with Crippen LogP contribution in [-0.4, -0.2) is 16.8 Å². The summed E-state index contributed by atoms with van der Waals surface area (Å²) in [5.41, 5.74) is 1.87. The molecule has 1 unspecified atom stereocenters. The SMILES string of the molecule is CC(=NO)c1ccccc1NC(=O)C(C)C(C)C. The molecule has 1 aromatic rings. The highest BCUT2D eigenvalue weighted by molar-refractivity contribution is 6.06. The number of nitrogens with one attached hydrogen (secondary N) is 1. The van der Waals surface area contributed by atoms with E-state index in [2.05, 4.69) is 10.5 Å². The number of hydrogen-bond acceptors (Lipinski definition) is 3. The fourth-order valence-electron chi connectivity index (χ4n) is 1.51. The summed E-state index contributed by atoms with van der Waals surface area (Å²) >= 11 is 0. The Bertz CT molecular complexity index is 453. The Labute approximate surface area is 108 Å². The molecule has 0 radical (unpaired) electrons. The van der Waals surface area contributed by atoms with E-state index in [0.29, 0.717) is 11.4 Å². The summed E-state index contributed by atoms with van der Waals surface area (Å²) in [4.78, 5) is 12.0. The predicted octanol–water partition coefficient (Wildman–Crippen LogP) is 3.12. The summed E-state index contributed by atoms with van der Waals surface area (Å²) < 4.78 is 0. The lowest BCUT2D eigenvalue weighted by molar-refractivity contribution is -0.120. The molecule has 0 fully saturated rings. The van der Waals surface area contributed by atoms with Gasteiger partial charge in [0.05, 0.1) is 5.71 Å². The van der Waals surface area contributed by atoms with Gasteiger partial charge in [0.1, 0.15) is 0 Å². The number of amides is 1. The summed E-state index contributed by atoms with van der Waals surface area (Å²) in [6.45, 7) is 7.61. The van der Waals surface area contributed by atoms with Crippen LogP contribution in [0, 0.1) is 11.8 Å². The minimum absolute atomic E-state index is 0.0248. The lowest BCUT2D eigenvalue weighted by atomic mass is 9.97. The highest BCUT2D eigenvalue weighted by atomic mass is 16.4. The molecule has 0 aromatic heterocycles. The van der Waals surface area contributed by atoms with Crippen molar-refractivity contribution in [3.63, 3.8) is 0 Å². The van der Waals surface area contributed by atoms with Gasteiger partial charge >= 0.3 is 0 Å². The van der Waals surface area contributed by atoms with Gasteiger partial charge in [-0.05, 0) is 18.9 Å². The average Bonchev–Trinajstić information content (AvgIpc) is 2.37. The molecule has 1 atom stereocenters. The van der Waals surface area contributed by atoms with Crippen molar-refractivity contribution in [2.75, 3.05) is 5.32 Å². The number of hydrogen-bond donors (Lipinski definition) is 2. The van der Waals surface area contributed by atoms with Crippen molar-refractivity contribution >= 4 is 17.3 Å². The van der Waals surface area contributed by atoms with Crippen LogP contribution in [0.15, 0.2) is 29.4 Å². The van der Waals surface area contributed by atoms with Crippen LogP contribution in [-0.2, 0) is 4.79 Å². The molecule has 0 heterocycles. The molecule has 0 spiro atoms. The minimum Gasteiger partial charge on any atom is -0.411 e. The monoisotopic (exact) mass is 248 g/mol. The number of oxime groups is 1. The van der Waals surface area contributed by atoms with E-state index in [0.717, 1.165) is 5.56 Å². The Hall–Kier alpha value is -1.84. The van der Waals surface area contributed by atoms with Crippen LogP contribution in [0.5, 0.6) is 0 Å². The molecule has 0 aliphatic carbocycles. The molecule has 4 nitrogen and oxygen atoms in total. The lowest BCUT2D eigenvalue weighted by Crippen LogP contribution is -2.25. The average molecular weight is 248 g/mol. The Kier molecular flexibility index (Phi) is 4.89. The molecule has 0 saturated heterocycles. The number of carbonyl (C=O) groups is 1. The van der Waals surface area contributed by atoms with E-state index in [-0.39, 0.29) is 17.7 Å². The van der Waals surface area contributed by atoms with Crippen molar-refractivity contribution < 1.29 is 10.0 Å². The Morgan fingerprint density at radius 2 is 1.89 bits per heavy atom. The van der Waals surface area contributed by atoms with Crippen molar-refractivity contribution in [1.82, 2.24) is 0 Å². The van der Waals surface area contributed by atoms with Crippen LogP contribution in [0.2, 0.25) is 0 Å². The number of nitrogens with zero attached hydrogens (tertiary/aromatic N) is 1. The standard InChI is InChI=1S/C14H20N2O2/c1-9(2)10(3)14(17)15-13-8-6-5-7-12(13)11(4)16-18/h5-10,18H,1-4H3,(H,15,17). The van der Waals surface area contributed by atoms with E-state index >= 15 is 0 Å². The van der Waals surface area contributed by atoms with Gasteiger partial charge in [0, 0.05) is 17.2 Å². The lowest BCUT2D eigenvalue weighted by Gasteiger charge is -2.17. The summed E-state index contributed by atoms with van der Waals surface area (Å²) in [5.74, 6) is 0.192. The van der Waals surface area contributed by atoms with Crippen molar-refractivity contribution in [2.24, 2.45) is 17.0 Å². The number of rotatable bonds is 4. The van der Waals surface area contributed by atoms with E-state index in [4.69, 9.17) is 5.21 Å². The van der Waals surface area contributed by atoms with Gasteiger partial charge in [-0.2, -0.15) is 0 Å². The molecule has 1 rings (SSSR count). The van der Waals surface area contributed by atoms with E-state index in [1.54, 1.807) is 13.0 Å². The third-order valence-electron chi connectivity index (χ3n) is 3.14. The molecule has 0 aliphatic rings. The first kappa shape index (κ1) is 14.2. The molecule has 98 valence electrons. The summed E-state index contributed by atoms with van der Waals surface area (Å²) in [5, 5.41) is 14.9. The molecule has 1 aromatic carbocycles. The maximum absolute atomic E-state index is 12.0. The molecule has 0 bridgehead atoms. The van der Waals surface area contributed by atoms with Crippen molar-refractivity contribution in [2.45, 2.75) is 27.7 Å². The van der Waals surface area contributed by atoms with Gasteiger partial charge in [-0.3, -0.25) is 4.79 Å². The van der Waals surface area contributed by atoms with Crippen molar-refractivity contribution in [1.29, 1.82) is 0 Å². The maximum Gasteiger partial charge on any atom is 0.227 e. The Morgan fingerprint density at radius 1 is 1.28 bits per heavy atom. The third-order valence-corrected chi connectivity index (χ3v) is 3.14. The van der Waals surface area contributed by atoms with Gasteiger partial charge in [0.15, 0.2) is 0 Å². The first-order valence-corrected chi connectivity index (χ1v) is 6.06. The van der Waals surface area contributed by atoms with Gasteiger partial charge in [-0.25, -0.2) is 0 Å². The normalized spacial score (nSPS) is 13.5. The molecule has 2 N–H and O–H groups in total. The fraction of sp³-hybridized carbons (Fsp3) is 0.429. The van der Waals surface area contributed by atoms with E-state index in [1.165, 1.54) is 0 Å². The number of benzene rings is 1. The van der Waals surface area contributed by atoms with Crippen LogP contribution in [0.4, 0.5) is 5.69 Å². The van der Waals surface area contributed by atoms with Crippen LogP contribution in [0.1, 0.15) is 33.3 Å². The Morgan fingerprint density at radius 3 is 2.44 bits per heavy atom. The molecule has 4 heteroatoms. The summed E-state index contributed by atoms with van der Waals surface area (Å²) in [7, 11) is 0.